The van der Waals surface area contributed by atoms with Crippen molar-refractivity contribution in [3.05, 3.63) is 102 Å². The fraction of sp³-hybridized carbons (Fsp3) is 0. The summed E-state index contributed by atoms with van der Waals surface area (Å²) >= 11 is 3.61. The Morgan fingerprint density at radius 1 is 0.529 bits per heavy atom. The van der Waals surface area contributed by atoms with E-state index in [0.717, 1.165) is 70.5 Å². The third-order valence-corrected chi connectivity index (χ3v) is 7.35. The lowest BCUT2D eigenvalue weighted by atomic mass is 10.1. The lowest BCUT2D eigenvalue weighted by Gasteiger charge is -2.08. The van der Waals surface area contributed by atoms with E-state index in [4.69, 9.17) is 8.83 Å². The summed E-state index contributed by atoms with van der Waals surface area (Å²) in [5.41, 5.74) is 6.72. The summed E-state index contributed by atoms with van der Waals surface area (Å²) in [4.78, 5) is 0. The van der Waals surface area contributed by atoms with Crippen LogP contribution in [0.5, 0.6) is 0 Å². The minimum Gasteiger partial charge on any atom is -0.454 e. The summed E-state index contributed by atoms with van der Waals surface area (Å²) in [7, 11) is 0. The lowest BCUT2D eigenvalue weighted by molar-refractivity contribution is 0.665. The van der Waals surface area contributed by atoms with E-state index >= 15 is 0 Å². The maximum atomic E-state index is 6.49. The van der Waals surface area contributed by atoms with Gasteiger partial charge in [0.15, 0.2) is 11.2 Å². The van der Waals surface area contributed by atoms with E-state index in [1.54, 1.807) is 0 Å². The van der Waals surface area contributed by atoms with Crippen molar-refractivity contribution in [2.75, 3.05) is 0 Å². The largest absolute Gasteiger partial charge is 0.454 e. The average Bonchev–Trinajstić information content (AvgIpc) is 3.53. The second kappa shape index (κ2) is 6.52. The van der Waals surface area contributed by atoms with E-state index in [-0.39, 0.29) is 0 Å². The predicted octanol–water partition coefficient (Wildman–Crippen LogP) is 9.34. The van der Waals surface area contributed by atoms with Crippen LogP contribution in [0.2, 0.25) is 0 Å². The standard InChI is InChI=1S/C30H16BrNO2/c31-17-12-15-27-23(16-17)21-8-5-10-25(29(21)33-27)32-24-9-3-1-6-18(24)20-13-14-22-19-7-2-4-11-26(19)34-30(22)28(20)32/h1-16H. The quantitative estimate of drug-likeness (QED) is 0.224. The molecule has 0 unspecified atom stereocenters. The molecule has 0 amide bonds. The Labute approximate surface area is 201 Å². The van der Waals surface area contributed by atoms with Gasteiger partial charge in [0.2, 0.25) is 0 Å². The summed E-state index contributed by atoms with van der Waals surface area (Å²) < 4.78 is 16.3. The first-order valence-corrected chi connectivity index (χ1v) is 12.0. The highest BCUT2D eigenvalue weighted by molar-refractivity contribution is 9.10. The molecule has 0 bridgehead atoms. The lowest BCUT2D eigenvalue weighted by Crippen LogP contribution is -1.94. The molecule has 0 atom stereocenters. The number of benzene rings is 5. The Hall–Kier alpha value is -4.02. The molecule has 0 N–H and O–H groups in total. The highest BCUT2D eigenvalue weighted by Crippen LogP contribution is 2.42. The van der Waals surface area contributed by atoms with Crippen LogP contribution in [-0.2, 0) is 0 Å². The molecule has 34 heavy (non-hydrogen) atoms. The Morgan fingerprint density at radius 2 is 1.24 bits per heavy atom. The highest BCUT2D eigenvalue weighted by atomic mass is 79.9. The van der Waals surface area contributed by atoms with Crippen molar-refractivity contribution in [1.29, 1.82) is 0 Å². The van der Waals surface area contributed by atoms with E-state index in [1.165, 1.54) is 5.39 Å². The molecular formula is C30H16BrNO2. The van der Waals surface area contributed by atoms with Gasteiger partial charge < -0.3 is 13.4 Å². The van der Waals surface area contributed by atoms with Crippen LogP contribution in [0.3, 0.4) is 0 Å². The fourth-order valence-electron chi connectivity index (χ4n) is 5.41. The van der Waals surface area contributed by atoms with Crippen molar-refractivity contribution >= 4 is 81.6 Å². The van der Waals surface area contributed by atoms with Gasteiger partial charge in [-0.05, 0) is 42.5 Å². The van der Waals surface area contributed by atoms with Crippen LogP contribution in [0.1, 0.15) is 0 Å². The highest BCUT2D eigenvalue weighted by Gasteiger charge is 2.21. The zero-order chi connectivity index (χ0) is 22.4. The van der Waals surface area contributed by atoms with Gasteiger partial charge in [-0.25, -0.2) is 0 Å². The zero-order valence-electron chi connectivity index (χ0n) is 17.9. The monoisotopic (exact) mass is 501 g/mol. The van der Waals surface area contributed by atoms with Gasteiger partial charge in [-0.2, -0.15) is 0 Å². The smallest absolute Gasteiger partial charge is 0.160 e. The first-order valence-electron chi connectivity index (χ1n) is 11.2. The number of para-hydroxylation sites is 3. The normalized spacial score (nSPS) is 12.3. The van der Waals surface area contributed by atoms with E-state index in [1.807, 2.05) is 24.3 Å². The average molecular weight is 502 g/mol. The second-order valence-corrected chi connectivity index (χ2v) is 9.60. The summed E-state index contributed by atoms with van der Waals surface area (Å²) in [6.07, 6.45) is 0. The van der Waals surface area contributed by atoms with Gasteiger partial charge in [0.05, 0.1) is 16.7 Å². The number of aromatic nitrogens is 1. The van der Waals surface area contributed by atoms with Crippen LogP contribution in [0.25, 0.3) is 71.4 Å². The molecule has 160 valence electrons. The molecule has 3 heterocycles. The molecule has 0 spiro atoms. The van der Waals surface area contributed by atoms with Crippen molar-refractivity contribution in [3.8, 4) is 5.69 Å². The minimum absolute atomic E-state index is 0.867. The van der Waals surface area contributed by atoms with Gasteiger partial charge in [0, 0.05) is 36.8 Å². The Kier molecular flexibility index (Phi) is 3.53. The molecule has 0 aliphatic heterocycles. The fourth-order valence-corrected chi connectivity index (χ4v) is 5.77. The SMILES string of the molecule is Brc1ccc2oc3c(-n4c5ccccc5c5ccc6c7ccccc7oc6c54)cccc3c2c1. The summed E-state index contributed by atoms with van der Waals surface area (Å²) in [6.45, 7) is 0. The number of fused-ring (bicyclic) bond motifs is 10. The molecule has 4 heteroatoms. The maximum Gasteiger partial charge on any atom is 0.160 e. The van der Waals surface area contributed by atoms with Gasteiger partial charge in [-0.3, -0.25) is 0 Å². The minimum atomic E-state index is 0.867. The topological polar surface area (TPSA) is 31.2 Å². The molecule has 0 saturated heterocycles. The van der Waals surface area contributed by atoms with Crippen molar-refractivity contribution in [2.45, 2.75) is 0 Å². The van der Waals surface area contributed by atoms with Gasteiger partial charge in [-0.1, -0.05) is 70.5 Å². The number of rotatable bonds is 1. The van der Waals surface area contributed by atoms with Gasteiger partial charge in [0.25, 0.3) is 0 Å². The molecule has 0 aliphatic rings. The molecule has 0 saturated carbocycles. The van der Waals surface area contributed by atoms with Crippen molar-refractivity contribution in [3.63, 3.8) is 0 Å². The number of hydrogen-bond acceptors (Lipinski definition) is 2. The first-order chi connectivity index (χ1) is 16.8. The van der Waals surface area contributed by atoms with Gasteiger partial charge in [-0.15, -0.1) is 0 Å². The molecule has 3 aromatic heterocycles. The van der Waals surface area contributed by atoms with Crippen molar-refractivity contribution in [2.24, 2.45) is 0 Å². The van der Waals surface area contributed by atoms with Crippen LogP contribution in [0, 0.1) is 0 Å². The van der Waals surface area contributed by atoms with Crippen molar-refractivity contribution in [1.82, 2.24) is 4.57 Å². The van der Waals surface area contributed by atoms with Crippen LogP contribution < -0.4 is 0 Å². The van der Waals surface area contributed by atoms with Crippen LogP contribution >= 0.6 is 15.9 Å². The van der Waals surface area contributed by atoms with Gasteiger partial charge in [0.1, 0.15) is 11.2 Å². The predicted molar refractivity (Wildman–Crippen MR) is 143 cm³/mol. The Bertz CT molecular complexity index is 2090. The third kappa shape index (κ3) is 2.31. The molecule has 8 rings (SSSR count). The number of hydrogen-bond donors (Lipinski definition) is 0. The van der Waals surface area contributed by atoms with Crippen LogP contribution in [0.15, 0.2) is 110 Å². The summed E-state index contributed by atoms with van der Waals surface area (Å²) in [5.74, 6) is 0. The molecule has 0 aliphatic carbocycles. The zero-order valence-corrected chi connectivity index (χ0v) is 19.5. The molecule has 5 aromatic carbocycles. The third-order valence-electron chi connectivity index (χ3n) is 6.86. The van der Waals surface area contributed by atoms with E-state index in [0.29, 0.717) is 0 Å². The van der Waals surface area contributed by atoms with Crippen molar-refractivity contribution < 1.29 is 8.83 Å². The summed E-state index contributed by atoms with van der Waals surface area (Å²) in [6, 6.07) is 33.7. The van der Waals surface area contributed by atoms with E-state index in [2.05, 4.69) is 93.3 Å². The van der Waals surface area contributed by atoms with E-state index < -0.39 is 0 Å². The molecule has 3 nitrogen and oxygen atoms in total. The second-order valence-electron chi connectivity index (χ2n) is 8.69. The molecular weight excluding hydrogens is 486 g/mol. The van der Waals surface area contributed by atoms with Crippen LogP contribution in [0.4, 0.5) is 0 Å². The summed E-state index contributed by atoms with van der Waals surface area (Å²) in [5, 5.41) is 6.79. The van der Waals surface area contributed by atoms with Gasteiger partial charge >= 0.3 is 0 Å². The molecule has 0 radical (unpaired) electrons. The number of halogens is 1. The molecule has 0 fully saturated rings. The first kappa shape index (κ1) is 18.4. The van der Waals surface area contributed by atoms with Crippen LogP contribution in [-0.4, -0.2) is 4.57 Å². The number of nitrogens with zero attached hydrogens (tertiary/aromatic N) is 1. The Balaban J connectivity index is 1.62. The van der Waals surface area contributed by atoms with E-state index in [9.17, 15) is 0 Å². The maximum absolute atomic E-state index is 6.49. The molecule has 8 aromatic rings. The Morgan fingerprint density at radius 3 is 2.18 bits per heavy atom. The number of furan rings is 2.